The zero-order chi connectivity index (χ0) is 19.0. The molecule has 8 heteroatoms. The van der Waals surface area contributed by atoms with Gasteiger partial charge in [0.25, 0.3) is 0 Å². The number of halogens is 1. The van der Waals surface area contributed by atoms with Crippen molar-refractivity contribution in [1.29, 1.82) is 0 Å². The van der Waals surface area contributed by atoms with Crippen molar-refractivity contribution in [2.45, 2.75) is 33.0 Å². The predicted molar refractivity (Wildman–Crippen MR) is 102 cm³/mol. The summed E-state index contributed by atoms with van der Waals surface area (Å²) < 4.78 is 1.92. The number of fused-ring (bicyclic) bond motifs is 3. The molecule has 0 spiro atoms. The molecule has 138 valence electrons. The van der Waals surface area contributed by atoms with Crippen molar-refractivity contribution in [3.05, 3.63) is 70.5 Å². The van der Waals surface area contributed by atoms with Crippen LogP contribution in [0.3, 0.4) is 0 Å². The zero-order valence-electron chi connectivity index (χ0n) is 15.0. The maximum Gasteiger partial charge on any atom is 0.159 e. The Morgan fingerprint density at radius 1 is 1.19 bits per heavy atom. The highest BCUT2D eigenvalue weighted by atomic mass is 35.5. The first-order chi connectivity index (χ1) is 13.1. The van der Waals surface area contributed by atoms with Gasteiger partial charge in [0.1, 0.15) is 6.54 Å². The van der Waals surface area contributed by atoms with Gasteiger partial charge in [0.05, 0.1) is 28.7 Å². The number of aromatic nitrogens is 4. The summed E-state index contributed by atoms with van der Waals surface area (Å²) in [5.74, 6) is 1.32. The molecule has 4 rings (SSSR count). The van der Waals surface area contributed by atoms with Crippen molar-refractivity contribution in [3.63, 3.8) is 0 Å². The lowest BCUT2D eigenvalue weighted by molar-refractivity contribution is -0.127. The minimum absolute atomic E-state index is 0.0390. The van der Waals surface area contributed by atoms with Crippen LogP contribution < -0.4 is 0 Å². The molecule has 0 saturated carbocycles. The van der Waals surface area contributed by atoms with Crippen LogP contribution in [0.1, 0.15) is 36.8 Å². The average Bonchev–Trinajstić information content (AvgIpc) is 2.97. The minimum atomic E-state index is -0.0390. The fourth-order valence-electron chi connectivity index (χ4n) is 3.04. The molecule has 0 atom stereocenters. The van der Waals surface area contributed by atoms with Crippen LogP contribution in [0.25, 0.3) is 5.69 Å². The zero-order valence-corrected chi connectivity index (χ0v) is 15.8. The molecular formula is C19H19ClN6O. The number of hydroxylamine groups is 2. The van der Waals surface area contributed by atoms with E-state index < -0.39 is 0 Å². The Hall–Kier alpha value is -2.61. The second kappa shape index (κ2) is 7.19. The first-order valence-electron chi connectivity index (χ1n) is 8.70. The lowest BCUT2D eigenvalue weighted by Gasteiger charge is -2.19. The summed E-state index contributed by atoms with van der Waals surface area (Å²) in [6, 6.07) is 11.3. The second-order valence-corrected chi connectivity index (χ2v) is 6.98. The highest BCUT2D eigenvalue weighted by Crippen LogP contribution is 2.30. The average molecular weight is 383 g/mol. The molecule has 1 aliphatic heterocycles. The minimum Gasteiger partial charge on any atom is -0.313 e. The van der Waals surface area contributed by atoms with Crippen molar-refractivity contribution in [1.82, 2.24) is 24.8 Å². The van der Waals surface area contributed by atoms with Crippen molar-refractivity contribution in [3.8, 4) is 5.69 Å². The fourth-order valence-corrected chi connectivity index (χ4v) is 3.30. The molecule has 0 amide bonds. The van der Waals surface area contributed by atoms with Crippen LogP contribution in [-0.4, -0.2) is 41.8 Å². The quantitative estimate of drug-likeness (QED) is 0.700. The van der Waals surface area contributed by atoms with E-state index in [1.807, 2.05) is 54.8 Å². The molecule has 0 radical (unpaired) electrons. The summed E-state index contributed by atoms with van der Waals surface area (Å²) in [5, 5.41) is 20.6. The van der Waals surface area contributed by atoms with Gasteiger partial charge in [-0.05, 0) is 38.1 Å². The van der Waals surface area contributed by atoms with Crippen LogP contribution in [-0.2, 0) is 13.1 Å². The third kappa shape index (κ3) is 3.25. The third-order valence-corrected chi connectivity index (χ3v) is 4.77. The number of hydrogen-bond acceptors (Lipinski definition) is 6. The van der Waals surface area contributed by atoms with Gasteiger partial charge in [0.15, 0.2) is 11.6 Å². The van der Waals surface area contributed by atoms with E-state index in [0.29, 0.717) is 23.2 Å². The first-order valence-corrected chi connectivity index (χ1v) is 9.08. The van der Waals surface area contributed by atoms with E-state index in [2.05, 4.69) is 15.2 Å². The van der Waals surface area contributed by atoms with Crippen molar-refractivity contribution in [2.24, 2.45) is 4.99 Å². The summed E-state index contributed by atoms with van der Waals surface area (Å²) in [7, 11) is 0. The van der Waals surface area contributed by atoms with Crippen molar-refractivity contribution < 1.29 is 5.21 Å². The molecule has 0 fully saturated rings. The van der Waals surface area contributed by atoms with Gasteiger partial charge in [-0.25, -0.2) is 0 Å². The lowest BCUT2D eigenvalue weighted by atomic mass is 10.0. The molecule has 0 aliphatic carbocycles. The van der Waals surface area contributed by atoms with Gasteiger partial charge in [-0.3, -0.25) is 14.5 Å². The first kappa shape index (κ1) is 17.8. The van der Waals surface area contributed by atoms with Crippen molar-refractivity contribution in [2.75, 3.05) is 0 Å². The number of benzene rings is 1. The van der Waals surface area contributed by atoms with E-state index >= 15 is 0 Å². The predicted octanol–water partition coefficient (Wildman–Crippen LogP) is 3.27. The molecule has 1 aliphatic rings. The smallest absolute Gasteiger partial charge is 0.159 e. The van der Waals surface area contributed by atoms with E-state index in [1.165, 1.54) is 5.06 Å². The van der Waals surface area contributed by atoms with Gasteiger partial charge in [0, 0.05) is 17.8 Å². The van der Waals surface area contributed by atoms with E-state index in [4.69, 9.17) is 16.6 Å². The number of rotatable bonds is 4. The Bertz CT molecular complexity index is 999. The molecule has 3 aromatic rings. The Morgan fingerprint density at radius 3 is 2.78 bits per heavy atom. The Balaban J connectivity index is 1.89. The van der Waals surface area contributed by atoms with Crippen LogP contribution in [0, 0.1) is 0 Å². The van der Waals surface area contributed by atoms with Gasteiger partial charge in [0.2, 0.25) is 0 Å². The third-order valence-electron chi connectivity index (χ3n) is 4.45. The highest BCUT2D eigenvalue weighted by molar-refractivity contribution is 6.36. The molecule has 0 saturated heterocycles. The summed E-state index contributed by atoms with van der Waals surface area (Å²) in [6.45, 7) is 4.41. The fraction of sp³-hybridized carbons (Fsp3) is 0.263. The van der Waals surface area contributed by atoms with E-state index in [-0.39, 0.29) is 12.6 Å². The maximum atomic E-state index is 10.2. The van der Waals surface area contributed by atoms with E-state index in [0.717, 1.165) is 22.7 Å². The van der Waals surface area contributed by atoms with Crippen molar-refractivity contribution >= 4 is 17.3 Å². The molecular weight excluding hydrogens is 364 g/mol. The van der Waals surface area contributed by atoms with Gasteiger partial charge in [-0.2, -0.15) is 5.06 Å². The Labute approximate surface area is 161 Å². The normalized spacial score (nSPS) is 13.3. The molecule has 27 heavy (non-hydrogen) atoms. The Morgan fingerprint density at radius 2 is 2.04 bits per heavy atom. The molecule has 2 aromatic heterocycles. The summed E-state index contributed by atoms with van der Waals surface area (Å²) in [5.41, 5.74) is 3.08. The van der Waals surface area contributed by atoms with Gasteiger partial charge in [-0.1, -0.05) is 23.7 Å². The molecule has 1 aromatic carbocycles. The van der Waals surface area contributed by atoms with Crippen LogP contribution in [0.15, 0.2) is 47.6 Å². The topological polar surface area (TPSA) is 79.4 Å². The largest absolute Gasteiger partial charge is 0.313 e. The number of hydrogen-bond donors (Lipinski definition) is 1. The molecule has 0 bridgehead atoms. The summed E-state index contributed by atoms with van der Waals surface area (Å²) in [4.78, 5) is 9.18. The second-order valence-electron chi connectivity index (χ2n) is 6.57. The Kier molecular flexibility index (Phi) is 4.73. The lowest BCUT2D eigenvalue weighted by Crippen LogP contribution is -2.28. The maximum absolute atomic E-state index is 10.2. The monoisotopic (exact) mass is 382 g/mol. The van der Waals surface area contributed by atoms with Gasteiger partial charge >= 0.3 is 0 Å². The molecule has 3 heterocycles. The SMILES string of the molecule is CC(C)N(O)Cc1nnc2n1-c1cccc(Cl)c1C(c1ccccn1)=NC2. The highest BCUT2D eigenvalue weighted by Gasteiger charge is 2.26. The standard InChI is InChI=1S/C19H19ClN6O/c1-12(2)25(27)11-17-24-23-16-10-22-19(14-7-3-4-9-21-14)18-13(20)6-5-8-15(18)26(16)17/h3-9,12,27H,10-11H2,1-2H3. The summed E-state index contributed by atoms with van der Waals surface area (Å²) >= 11 is 6.58. The van der Waals surface area contributed by atoms with Crippen LogP contribution in [0.2, 0.25) is 5.02 Å². The molecule has 7 nitrogen and oxygen atoms in total. The number of aliphatic imine (C=N–C) groups is 1. The van der Waals surface area contributed by atoms with Crippen LogP contribution >= 0.6 is 11.6 Å². The number of nitrogens with zero attached hydrogens (tertiary/aromatic N) is 6. The molecule has 1 N–H and O–H groups in total. The van der Waals surface area contributed by atoms with Gasteiger partial charge in [-0.15, -0.1) is 10.2 Å². The van der Waals surface area contributed by atoms with Crippen LogP contribution in [0.4, 0.5) is 0 Å². The molecule has 0 unspecified atom stereocenters. The number of pyridine rings is 1. The summed E-state index contributed by atoms with van der Waals surface area (Å²) in [6.07, 6.45) is 1.73. The van der Waals surface area contributed by atoms with Crippen LogP contribution in [0.5, 0.6) is 0 Å². The van der Waals surface area contributed by atoms with E-state index in [9.17, 15) is 5.21 Å². The van der Waals surface area contributed by atoms with Gasteiger partial charge < -0.3 is 5.21 Å². The van der Waals surface area contributed by atoms with E-state index in [1.54, 1.807) is 6.20 Å².